The third kappa shape index (κ3) is 6.09. The molecule has 204 valence electrons. The normalized spacial score (nSPS) is 12.8. The van der Waals surface area contributed by atoms with Crippen molar-refractivity contribution in [1.82, 2.24) is 25.0 Å². The van der Waals surface area contributed by atoms with Crippen molar-refractivity contribution in [2.75, 3.05) is 23.9 Å². The summed E-state index contributed by atoms with van der Waals surface area (Å²) in [7, 11) is 0. The van der Waals surface area contributed by atoms with Gasteiger partial charge in [0.25, 0.3) is 0 Å². The topological polar surface area (TPSA) is 104 Å². The minimum atomic E-state index is -0.898. The smallest absolute Gasteiger partial charge is 0.213 e. The minimum Gasteiger partial charge on any atom is -0.383 e. The summed E-state index contributed by atoms with van der Waals surface area (Å²) in [6, 6.07) is 8.08. The maximum absolute atomic E-state index is 13.9. The molecular weight excluding hydrogens is 522 g/mol. The number of nitrogens with zero attached hydrogens (tertiary/aromatic N) is 6. The van der Waals surface area contributed by atoms with Crippen molar-refractivity contribution < 1.29 is 8.78 Å². The molecule has 4 aromatic rings. The molecule has 0 aliphatic rings. The van der Waals surface area contributed by atoms with E-state index in [1.54, 1.807) is 39.1 Å². The molecular formula is C28H31ClF2N8. The molecule has 1 aromatic carbocycles. The quantitative estimate of drug-likeness (QED) is 0.238. The summed E-state index contributed by atoms with van der Waals surface area (Å²) < 4.78 is 29.0. The maximum atomic E-state index is 13.9. The summed E-state index contributed by atoms with van der Waals surface area (Å²) in [5, 5.41) is 26.1. The number of fused-ring (bicyclic) bond motifs is 1. The van der Waals surface area contributed by atoms with E-state index in [0.29, 0.717) is 56.4 Å². The van der Waals surface area contributed by atoms with E-state index in [-0.39, 0.29) is 5.41 Å². The van der Waals surface area contributed by atoms with Crippen molar-refractivity contribution in [3.63, 3.8) is 0 Å². The van der Waals surface area contributed by atoms with E-state index in [1.807, 2.05) is 6.07 Å². The van der Waals surface area contributed by atoms with Crippen molar-refractivity contribution in [1.29, 1.82) is 5.26 Å². The average molecular weight is 553 g/mol. The van der Waals surface area contributed by atoms with E-state index in [2.05, 4.69) is 57.8 Å². The predicted octanol–water partition coefficient (Wildman–Crippen LogP) is 6.56. The molecule has 8 nitrogen and oxygen atoms in total. The molecule has 0 saturated heterocycles. The molecule has 3 aromatic heterocycles. The van der Waals surface area contributed by atoms with Crippen LogP contribution in [-0.4, -0.2) is 38.2 Å². The van der Waals surface area contributed by atoms with E-state index in [0.717, 1.165) is 0 Å². The SMILES string of the molecule is Cc1nc(F)ccc1C(Nc1cc(Cl)c2ncc(C#N)c(NCC(C)(C)C)c2c1)c1cn(C(C)(C)CF)nn1. The Labute approximate surface area is 231 Å². The van der Waals surface area contributed by atoms with Crippen molar-refractivity contribution in [2.45, 2.75) is 53.1 Å². The molecule has 0 amide bonds. The summed E-state index contributed by atoms with van der Waals surface area (Å²) in [5.74, 6) is -0.601. The number of benzene rings is 1. The Kier molecular flexibility index (Phi) is 7.75. The molecule has 1 atom stereocenters. The second kappa shape index (κ2) is 10.7. The lowest BCUT2D eigenvalue weighted by atomic mass is 9.96. The van der Waals surface area contributed by atoms with Gasteiger partial charge in [0.15, 0.2) is 0 Å². The Morgan fingerprint density at radius 2 is 1.92 bits per heavy atom. The molecule has 4 rings (SSSR count). The van der Waals surface area contributed by atoms with Crippen LogP contribution in [0.3, 0.4) is 0 Å². The highest BCUT2D eigenvalue weighted by Gasteiger charge is 2.27. The number of anilines is 2. The molecule has 0 bridgehead atoms. The fraction of sp³-hybridized carbons (Fsp3) is 0.393. The average Bonchev–Trinajstić information content (AvgIpc) is 3.37. The largest absolute Gasteiger partial charge is 0.383 e. The standard InChI is InChI=1S/C28H31ClF2N8/c1-16-19(7-8-23(31)35-16)26(22-13-39(38-37-22)28(5,6)14-30)36-18-9-20-24(34-15-27(2,3)4)17(11-32)12-33-25(20)21(29)10-18/h7-10,12-13,26,36H,14-15H2,1-6H3,(H,33,34). The van der Waals surface area contributed by atoms with E-state index in [4.69, 9.17) is 11.6 Å². The molecule has 0 saturated carbocycles. The summed E-state index contributed by atoms with van der Waals surface area (Å²) >= 11 is 6.68. The number of hydrogen-bond acceptors (Lipinski definition) is 7. The Hall–Kier alpha value is -3.84. The Bertz CT molecular complexity index is 1550. The summed E-state index contributed by atoms with van der Waals surface area (Å²) in [6.45, 7) is 11.4. The van der Waals surface area contributed by atoms with Crippen LogP contribution < -0.4 is 10.6 Å². The van der Waals surface area contributed by atoms with E-state index >= 15 is 0 Å². The third-order valence-corrected chi connectivity index (χ3v) is 6.60. The van der Waals surface area contributed by atoms with Crippen molar-refractivity contribution in [3.05, 3.63) is 70.1 Å². The van der Waals surface area contributed by atoms with Crippen molar-refractivity contribution in [2.24, 2.45) is 5.41 Å². The van der Waals surface area contributed by atoms with Gasteiger partial charge in [-0.2, -0.15) is 9.65 Å². The van der Waals surface area contributed by atoms with Gasteiger partial charge >= 0.3 is 0 Å². The van der Waals surface area contributed by atoms with Gasteiger partial charge in [0.1, 0.15) is 18.4 Å². The van der Waals surface area contributed by atoms with E-state index < -0.39 is 24.2 Å². The van der Waals surface area contributed by atoms with Gasteiger partial charge in [0.05, 0.1) is 39.6 Å². The number of nitrogens with one attached hydrogen (secondary N) is 2. The number of nitriles is 1. The highest BCUT2D eigenvalue weighted by Crippen LogP contribution is 2.36. The number of alkyl halides is 1. The first kappa shape index (κ1) is 28.2. The van der Waals surface area contributed by atoms with Crippen LogP contribution in [0.4, 0.5) is 20.2 Å². The van der Waals surface area contributed by atoms with Crippen LogP contribution in [-0.2, 0) is 5.54 Å². The number of halogens is 3. The van der Waals surface area contributed by atoms with Crippen LogP contribution in [0.5, 0.6) is 0 Å². The number of aryl methyl sites for hydroxylation is 1. The van der Waals surface area contributed by atoms with Crippen LogP contribution in [0, 0.1) is 29.6 Å². The highest BCUT2D eigenvalue weighted by molar-refractivity contribution is 6.35. The summed E-state index contributed by atoms with van der Waals surface area (Å²) in [4.78, 5) is 8.40. The van der Waals surface area contributed by atoms with Gasteiger partial charge in [0, 0.05) is 35.1 Å². The zero-order chi connectivity index (χ0) is 28.5. The zero-order valence-corrected chi connectivity index (χ0v) is 23.5. The second-order valence-electron chi connectivity index (χ2n) is 11.3. The Balaban J connectivity index is 1.85. The molecule has 2 N–H and O–H groups in total. The summed E-state index contributed by atoms with van der Waals surface area (Å²) in [5.41, 5.74) is 2.85. The molecule has 3 heterocycles. The second-order valence-corrected chi connectivity index (χ2v) is 11.8. The van der Waals surface area contributed by atoms with E-state index in [1.165, 1.54) is 16.9 Å². The first-order valence-electron chi connectivity index (χ1n) is 12.5. The number of aromatic nitrogens is 5. The van der Waals surface area contributed by atoms with Gasteiger partial charge in [-0.1, -0.05) is 43.7 Å². The first-order chi connectivity index (χ1) is 18.3. The molecule has 0 fully saturated rings. The fourth-order valence-corrected chi connectivity index (χ4v) is 4.33. The highest BCUT2D eigenvalue weighted by atomic mass is 35.5. The van der Waals surface area contributed by atoms with Crippen LogP contribution in [0.1, 0.15) is 63.2 Å². The van der Waals surface area contributed by atoms with Gasteiger partial charge in [-0.3, -0.25) is 4.98 Å². The van der Waals surface area contributed by atoms with Gasteiger partial charge in [-0.25, -0.2) is 14.1 Å². The lowest BCUT2D eigenvalue weighted by Crippen LogP contribution is -2.29. The van der Waals surface area contributed by atoms with Gasteiger partial charge < -0.3 is 10.6 Å². The number of hydrogen-bond donors (Lipinski definition) is 2. The predicted molar refractivity (Wildman–Crippen MR) is 149 cm³/mol. The Morgan fingerprint density at radius 3 is 2.56 bits per heavy atom. The lowest BCUT2D eigenvalue weighted by Gasteiger charge is -2.23. The van der Waals surface area contributed by atoms with E-state index in [9.17, 15) is 14.0 Å². The molecule has 1 unspecified atom stereocenters. The van der Waals surface area contributed by atoms with Crippen molar-refractivity contribution in [3.8, 4) is 6.07 Å². The molecule has 0 aliphatic carbocycles. The number of rotatable bonds is 8. The maximum Gasteiger partial charge on any atom is 0.213 e. The molecule has 0 spiro atoms. The molecule has 0 radical (unpaired) electrons. The van der Waals surface area contributed by atoms with Crippen LogP contribution in [0.15, 0.2) is 36.7 Å². The van der Waals surface area contributed by atoms with Gasteiger partial charge in [0.2, 0.25) is 5.95 Å². The Morgan fingerprint density at radius 1 is 1.18 bits per heavy atom. The van der Waals surface area contributed by atoms with Crippen molar-refractivity contribution >= 4 is 33.9 Å². The van der Waals surface area contributed by atoms with Crippen LogP contribution >= 0.6 is 11.6 Å². The zero-order valence-electron chi connectivity index (χ0n) is 22.8. The third-order valence-electron chi connectivity index (χ3n) is 6.31. The number of pyridine rings is 2. The lowest BCUT2D eigenvalue weighted by molar-refractivity contribution is 0.232. The molecule has 11 heteroatoms. The monoisotopic (exact) mass is 552 g/mol. The summed E-state index contributed by atoms with van der Waals surface area (Å²) in [6.07, 6.45) is 3.17. The van der Waals surface area contributed by atoms with Gasteiger partial charge in [-0.15, -0.1) is 5.10 Å². The molecule has 39 heavy (non-hydrogen) atoms. The van der Waals surface area contributed by atoms with Gasteiger partial charge in [-0.05, 0) is 44.4 Å². The first-order valence-corrected chi connectivity index (χ1v) is 12.9. The fourth-order valence-electron chi connectivity index (χ4n) is 4.06. The van der Waals surface area contributed by atoms with Crippen LogP contribution in [0.25, 0.3) is 10.9 Å². The molecule has 0 aliphatic heterocycles. The van der Waals surface area contributed by atoms with Crippen LogP contribution in [0.2, 0.25) is 5.02 Å². The minimum absolute atomic E-state index is 0.0423.